The lowest BCUT2D eigenvalue weighted by atomic mass is 10.0. The predicted molar refractivity (Wildman–Crippen MR) is 113 cm³/mol. The summed E-state index contributed by atoms with van der Waals surface area (Å²) in [7, 11) is 0. The van der Waals surface area contributed by atoms with Gasteiger partial charge in [-0.3, -0.25) is 0 Å². The Morgan fingerprint density at radius 2 is 1.76 bits per heavy atom. The van der Waals surface area contributed by atoms with Crippen molar-refractivity contribution in [1.82, 2.24) is 14.9 Å². The second-order valence-electron chi connectivity index (χ2n) is 7.54. The largest absolute Gasteiger partial charge is 0.352 e. The number of piperazine rings is 1. The minimum Gasteiger partial charge on any atom is -0.352 e. The van der Waals surface area contributed by atoms with Crippen LogP contribution in [0, 0.1) is 5.82 Å². The van der Waals surface area contributed by atoms with Gasteiger partial charge < -0.3 is 15.1 Å². The molecule has 2 amide bonds. The molecule has 1 aliphatic rings. The van der Waals surface area contributed by atoms with Crippen molar-refractivity contribution in [2.24, 2.45) is 0 Å². The first-order valence-corrected chi connectivity index (χ1v) is 9.82. The summed E-state index contributed by atoms with van der Waals surface area (Å²) >= 11 is 0. The van der Waals surface area contributed by atoms with Gasteiger partial charge in [0.15, 0.2) is 0 Å². The van der Waals surface area contributed by atoms with Crippen molar-refractivity contribution in [2.45, 2.75) is 19.8 Å². The molecular weight excluding hydrogens is 369 g/mol. The van der Waals surface area contributed by atoms with Crippen LogP contribution in [0.15, 0.2) is 48.8 Å². The van der Waals surface area contributed by atoms with Crippen molar-refractivity contribution in [3.05, 3.63) is 60.2 Å². The van der Waals surface area contributed by atoms with Gasteiger partial charge in [0.25, 0.3) is 0 Å². The molecule has 0 unspecified atom stereocenters. The first kappa shape index (κ1) is 19.1. The predicted octanol–water partition coefficient (Wildman–Crippen LogP) is 4.25. The summed E-state index contributed by atoms with van der Waals surface area (Å²) in [6, 6.07) is 12.4. The van der Waals surface area contributed by atoms with Crippen LogP contribution in [-0.2, 0) is 0 Å². The fraction of sp³-hybridized carbons (Fsp3) is 0.318. The Labute approximate surface area is 169 Å². The zero-order chi connectivity index (χ0) is 20.4. The number of hydrogen-bond donors (Lipinski definition) is 1. The molecule has 7 heteroatoms. The monoisotopic (exact) mass is 393 g/mol. The van der Waals surface area contributed by atoms with Crippen LogP contribution in [0.1, 0.15) is 25.3 Å². The van der Waals surface area contributed by atoms with Gasteiger partial charge in [-0.15, -0.1) is 0 Å². The third-order valence-corrected chi connectivity index (χ3v) is 5.27. The molecule has 6 nitrogen and oxygen atoms in total. The molecule has 2 heterocycles. The Bertz CT molecular complexity index is 1010. The highest BCUT2D eigenvalue weighted by Crippen LogP contribution is 2.25. The summed E-state index contributed by atoms with van der Waals surface area (Å²) in [6.07, 6.45) is 1.50. The van der Waals surface area contributed by atoms with Gasteiger partial charge in [0, 0.05) is 37.3 Å². The molecule has 150 valence electrons. The standard InChI is InChI=1S/C22H24FN5O/c1-15(2)16-3-6-18(7-4-16)26-22(29)28-11-9-27(10-12-28)21-19-13-17(23)5-8-20(19)24-14-25-21/h3-8,13-15H,9-12H2,1-2H3,(H,26,29). The Morgan fingerprint density at radius 3 is 2.45 bits per heavy atom. The molecule has 2 aromatic carbocycles. The van der Waals surface area contributed by atoms with Gasteiger partial charge in [-0.2, -0.15) is 0 Å². The second-order valence-corrected chi connectivity index (χ2v) is 7.54. The lowest BCUT2D eigenvalue weighted by Gasteiger charge is -2.35. The normalized spacial score (nSPS) is 14.5. The molecule has 0 atom stereocenters. The molecule has 29 heavy (non-hydrogen) atoms. The molecule has 0 saturated carbocycles. The number of carbonyl (C=O) groups is 1. The van der Waals surface area contributed by atoms with Crippen LogP contribution in [-0.4, -0.2) is 47.1 Å². The van der Waals surface area contributed by atoms with Crippen molar-refractivity contribution in [3.63, 3.8) is 0 Å². The Hall–Kier alpha value is -3.22. The number of benzene rings is 2. The number of aromatic nitrogens is 2. The minimum absolute atomic E-state index is 0.111. The third kappa shape index (κ3) is 4.13. The molecule has 1 aromatic heterocycles. The number of rotatable bonds is 3. The van der Waals surface area contributed by atoms with E-state index in [0.29, 0.717) is 48.8 Å². The summed E-state index contributed by atoms with van der Waals surface area (Å²) in [5.74, 6) is 0.855. The lowest BCUT2D eigenvalue weighted by molar-refractivity contribution is 0.208. The van der Waals surface area contributed by atoms with Crippen molar-refractivity contribution >= 4 is 28.4 Å². The van der Waals surface area contributed by atoms with Crippen molar-refractivity contribution in [1.29, 1.82) is 0 Å². The van der Waals surface area contributed by atoms with Crippen LogP contribution in [0.4, 0.5) is 20.7 Å². The maximum Gasteiger partial charge on any atom is 0.321 e. The van der Waals surface area contributed by atoms with Gasteiger partial charge in [-0.1, -0.05) is 26.0 Å². The molecule has 1 N–H and O–H groups in total. The third-order valence-electron chi connectivity index (χ3n) is 5.27. The molecule has 3 aromatic rings. The van der Waals surface area contributed by atoms with E-state index in [9.17, 15) is 9.18 Å². The van der Waals surface area contributed by atoms with Crippen LogP contribution in [0.25, 0.3) is 10.9 Å². The van der Waals surface area contributed by atoms with E-state index in [0.717, 1.165) is 5.69 Å². The molecule has 0 aliphatic carbocycles. The van der Waals surface area contributed by atoms with Gasteiger partial charge >= 0.3 is 6.03 Å². The smallest absolute Gasteiger partial charge is 0.321 e. The van der Waals surface area contributed by atoms with E-state index >= 15 is 0 Å². The zero-order valence-electron chi connectivity index (χ0n) is 16.6. The molecule has 1 saturated heterocycles. The lowest BCUT2D eigenvalue weighted by Crippen LogP contribution is -2.50. The minimum atomic E-state index is -0.310. The van der Waals surface area contributed by atoms with Crippen LogP contribution in [0.5, 0.6) is 0 Å². The van der Waals surface area contributed by atoms with E-state index in [1.807, 2.05) is 24.3 Å². The quantitative estimate of drug-likeness (QED) is 0.723. The van der Waals surface area contributed by atoms with Gasteiger partial charge in [0.1, 0.15) is 18.0 Å². The average Bonchev–Trinajstić information content (AvgIpc) is 2.74. The number of urea groups is 1. The van der Waals surface area contributed by atoms with E-state index < -0.39 is 0 Å². The van der Waals surface area contributed by atoms with Crippen LogP contribution in [0.2, 0.25) is 0 Å². The number of carbonyl (C=O) groups excluding carboxylic acids is 1. The number of halogens is 1. The fourth-order valence-electron chi connectivity index (χ4n) is 3.54. The topological polar surface area (TPSA) is 61.4 Å². The van der Waals surface area contributed by atoms with Gasteiger partial charge in [-0.25, -0.2) is 19.2 Å². The highest BCUT2D eigenvalue weighted by Gasteiger charge is 2.23. The van der Waals surface area contributed by atoms with Crippen molar-refractivity contribution < 1.29 is 9.18 Å². The Morgan fingerprint density at radius 1 is 1.03 bits per heavy atom. The van der Waals surface area contributed by atoms with Crippen LogP contribution in [0.3, 0.4) is 0 Å². The number of hydrogen-bond acceptors (Lipinski definition) is 4. The highest BCUT2D eigenvalue weighted by atomic mass is 19.1. The maximum atomic E-state index is 13.7. The maximum absolute atomic E-state index is 13.7. The molecule has 1 aliphatic heterocycles. The number of amides is 2. The molecular formula is C22H24FN5O. The first-order valence-electron chi connectivity index (χ1n) is 9.82. The number of nitrogens with one attached hydrogen (secondary N) is 1. The van der Waals surface area contributed by atoms with Crippen molar-refractivity contribution in [2.75, 3.05) is 36.4 Å². The number of fused-ring (bicyclic) bond motifs is 1. The van der Waals surface area contributed by atoms with E-state index in [1.165, 1.54) is 24.0 Å². The fourth-order valence-corrected chi connectivity index (χ4v) is 3.54. The van der Waals surface area contributed by atoms with E-state index in [-0.39, 0.29) is 11.8 Å². The zero-order valence-corrected chi connectivity index (χ0v) is 16.6. The second kappa shape index (κ2) is 8.03. The summed E-state index contributed by atoms with van der Waals surface area (Å²) in [5.41, 5.74) is 2.74. The summed E-state index contributed by atoms with van der Waals surface area (Å²) < 4.78 is 13.7. The number of anilines is 2. The van der Waals surface area contributed by atoms with Crippen LogP contribution >= 0.6 is 0 Å². The van der Waals surface area contributed by atoms with Crippen LogP contribution < -0.4 is 10.2 Å². The van der Waals surface area contributed by atoms with E-state index in [2.05, 4.69) is 34.0 Å². The van der Waals surface area contributed by atoms with E-state index in [1.54, 1.807) is 11.0 Å². The molecule has 4 rings (SSSR count). The molecule has 0 bridgehead atoms. The summed E-state index contributed by atoms with van der Waals surface area (Å²) in [5, 5.41) is 3.65. The van der Waals surface area contributed by atoms with E-state index in [4.69, 9.17) is 0 Å². The SMILES string of the molecule is CC(C)c1ccc(NC(=O)N2CCN(c3ncnc4ccc(F)cc34)CC2)cc1. The Kier molecular flexibility index (Phi) is 5.29. The molecule has 0 radical (unpaired) electrons. The van der Waals surface area contributed by atoms with Gasteiger partial charge in [0.05, 0.1) is 5.52 Å². The summed E-state index contributed by atoms with van der Waals surface area (Å²) in [4.78, 5) is 25.0. The first-order chi connectivity index (χ1) is 14.0. The number of nitrogens with zero attached hydrogens (tertiary/aromatic N) is 4. The van der Waals surface area contributed by atoms with Gasteiger partial charge in [-0.05, 0) is 41.8 Å². The van der Waals surface area contributed by atoms with Crippen molar-refractivity contribution in [3.8, 4) is 0 Å². The van der Waals surface area contributed by atoms with Gasteiger partial charge in [0.2, 0.25) is 0 Å². The highest BCUT2D eigenvalue weighted by molar-refractivity contribution is 5.91. The Balaban J connectivity index is 1.40. The average molecular weight is 393 g/mol. The molecule has 1 fully saturated rings. The molecule has 0 spiro atoms. The summed E-state index contributed by atoms with van der Waals surface area (Å²) in [6.45, 7) is 6.67.